The van der Waals surface area contributed by atoms with E-state index in [-0.39, 0.29) is 0 Å². The second-order valence-electron chi connectivity index (χ2n) is 7.44. The van der Waals surface area contributed by atoms with Crippen LogP contribution in [0.4, 0.5) is 0 Å². The van der Waals surface area contributed by atoms with Gasteiger partial charge in [0.1, 0.15) is 0 Å². The van der Waals surface area contributed by atoms with Crippen molar-refractivity contribution < 1.29 is 0 Å². The Morgan fingerprint density at radius 3 is 2.04 bits per heavy atom. The first kappa shape index (κ1) is 18.2. The van der Waals surface area contributed by atoms with Crippen LogP contribution in [0.2, 0.25) is 0 Å². The molecule has 132 valence electrons. The van der Waals surface area contributed by atoms with Gasteiger partial charge in [-0.15, -0.1) is 0 Å². The molecule has 0 heteroatoms. The predicted octanol–water partition coefficient (Wildman–Crippen LogP) is 7.61. The van der Waals surface area contributed by atoms with Crippen molar-refractivity contribution in [2.24, 2.45) is 0 Å². The normalized spacial score (nSPS) is 12.2. The molecule has 25 heavy (non-hydrogen) atoms. The van der Waals surface area contributed by atoms with E-state index in [1.165, 1.54) is 98.4 Å². The molecule has 0 N–H and O–H groups in total. The zero-order chi connectivity index (χ0) is 17.3. The van der Waals surface area contributed by atoms with Crippen molar-refractivity contribution in [3.05, 3.63) is 65.6 Å². The molecule has 0 fully saturated rings. The highest BCUT2D eigenvalue weighted by molar-refractivity contribution is 5.82. The summed E-state index contributed by atoms with van der Waals surface area (Å²) in [5.74, 6) is 0. The molecular weight excluding hydrogens is 300 g/mol. The molecule has 0 nitrogen and oxygen atoms in total. The Labute approximate surface area is 154 Å². The van der Waals surface area contributed by atoms with E-state index in [4.69, 9.17) is 0 Å². The SMILES string of the molecule is CCCCCCCCCCCCc1cccc2c1[C]c1ccccc1-2. The number of benzene rings is 2. The molecule has 0 aromatic heterocycles. The minimum absolute atomic E-state index is 1.20. The van der Waals surface area contributed by atoms with Gasteiger partial charge in [-0.2, -0.15) is 0 Å². The molecule has 2 radical (unpaired) electrons. The molecule has 3 rings (SSSR count). The highest BCUT2D eigenvalue weighted by Gasteiger charge is 2.20. The molecule has 0 saturated heterocycles. The van der Waals surface area contributed by atoms with Crippen LogP contribution in [0.5, 0.6) is 0 Å². The Morgan fingerprint density at radius 1 is 0.640 bits per heavy atom. The van der Waals surface area contributed by atoms with Crippen LogP contribution >= 0.6 is 0 Å². The molecule has 0 unspecified atom stereocenters. The highest BCUT2D eigenvalue weighted by Crippen LogP contribution is 2.39. The zero-order valence-electron chi connectivity index (χ0n) is 15.8. The summed E-state index contributed by atoms with van der Waals surface area (Å²) in [6.07, 6.45) is 18.8. The molecule has 2 aromatic carbocycles. The van der Waals surface area contributed by atoms with Crippen molar-refractivity contribution in [1.29, 1.82) is 0 Å². The Balaban J connectivity index is 1.38. The van der Waals surface area contributed by atoms with E-state index in [1.807, 2.05) is 0 Å². The van der Waals surface area contributed by atoms with Gasteiger partial charge in [-0.3, -0.25) is 0 Å². The summed E-state index contributed by atoms with van der Waals surface area (Å²) in [4.78, 5) is 0. The Hall–Kier alpha value is -1.56. The van der Waals surface area contributed by atoms with Crippen LogP contribution in [-0.2, 0) is 6.42 Å². The lowest BCUT2D eigenvalue weighted by molar-refractivity contribution is 0.556. The fourth-order valence-electron chi connectivity index (χ4n) is 3.95. The number of fused-ring (bicyclic) bond motifs is 3. The van der Waals surface area contributed by atoms with E-state index in [1.54, 1.807) is 0 Å². The summed E-state index contributed by atoms with van der Waals surface area (Å²) in [5, 5.41) is 0. The third-order valence-electron chi connectivity index (χ3n) is 5.43. The molecule has 2 aromatic rings. The minimum Gasteiger partial charge on any atom is -0.0654 e. The van der Waals surface area contributed by atoms with Crippen LogP contribution < -0.4 is 0 Å². The van der Waals surface area contributed by atoms with E-state index in [0.29, 0.717) is 0 Å². The topological polar surface area (TPSA) is 0 Å². The molecular formula is C25H32. The number of hydrogen-bond donors (Lipinski definition) is 0. The number of hydrogen-bond acceptors (Lipinski definition) is 0. The molecule has 0 atom stereocenters. The van der Waals surface area contributed by atoms with Gasteiger partial charge in [0.15, 0.2) is 0 Å². The second-order valence-corrected chi connectivity index (χ2v) is 7.44. The predicted molar refractivity (Wildman–Crippen MR) is 109 cm³/mol. The quantitative estimate of drug-likeness (QED) is 0.317. The van der Waals surface area contributed by atoms with Crippen LogP contribution in [0.25, 0.3) is 11.1 Å². The summed E-state index contributed by atoms with van der Waals surface area (Å²) < 4.78 is 0. The van der Waals surface area contributed by atoms with Crippen molar-refractivity contribution in [2.75, 3.05) is 0 Å². The van der Waals surface area contributed by atoms with E-state index < -0.39 is 0 Å². The lowest BCUT2D eigenvalue weighted by atomic mass is 9.96. The van der Waals surface area contributed by atoms with Gasteiger partial charge in [-0.05, 0) is 40.7 Å². The molecule has 1 aliphatic rings. The second kappa shape index (κ2) is 9.80. The van der Waals surface area contributed by atoms with Crippen LogP contribution in [0.15, 0.2) is 42.5 Å². The van der Waals surface area contributed by atoms with Crippen LogP contribution in [-0.4, -0.2) is 0 Å². The Kier molecular flexibility index (Phi) is 7.15. The van der Waals surface area contributed by atoms with E-state index in [9.17, 15) is 0 Å². The smallest absolute Gasteiger partial charge is 0.0517 e. The maximum Gasteiger partial charge on any atom is 0.0517 e. The number of unbranched alkanes of at least 4 members (excludes halogenated alkanes) is 9. The first-order valence-corrected chi connectivity index (χ1v) is 10.4. The molecule has 0 spiro atoms. The molecule has 0 amide bonds. The summed E-state index contributed by atoms with van der Waals surface area (Å²) in [7, 11) is 0. The third-order valence-corrected chi connectivity index (χ3v) is 5.43. The Morgan fingerprint density at radius 2 is 1.28 bits per heavy atom. The van der Waals surface area contributed by atoms with Gasteiger partial charge in [0.05, 0.1) is 6.42 Å². The van der Waals surface area contributed by atoms with Gasteiger partial charge in [0, 0.05) is 0 Å². The van der Waals surface area contributed by atoms with Gasteiger partial charge < -0.3 is 0 Å². The first-order valence-electron chi connectivity index (χ1n) is 10.4. The minimum atomic E-state index is 1.20. The monoisotopic (exact) mass is 332 g/mol. The van der Waals surface area contributed by atoms with Crippen molar-refractivity contribution in [3.63, 3.8) is 0 Å². The molecule has 0 bridgehead atoms. The van der Waals surface area contributed by atoms with E-state index in [2.05, 4.69) is 55.8 Å². The average molecular weight is 333 g/mol. The van der Waals surface area contributed by atoms with E-state index in [0.717, 1.165) is 0 Å². The van der Waals surface area contributed by atoms with Crippen LogP contribution in [0.1, 0.15) is 87.8 Å². The first-order chi connectivity index (χ1) is 12.4. The molecule has 0 saturated carbocycles. The standard InChI is InChI=1S/C25H32/c1-2-3-4-5-6-7-8-9-10-11-15-21-17-14-19-24-23-18-13-12-16-22(23)20-25(21)24/h12-14,16-19H,2-11,15H2,1H3. The van der Waals surface area contributed by atoms with Gasteiger partial charge in [-0.1, -0.05) is 107 Å². The van der Waals surface area contributed by atoms with Crippen LogP contribution in [0, 0.1) is 6.42 Å². The third kappa shape index (κ3) is 4.97. The summed E-state index contributed by atoms with van der Waals surface area (Å²) in [6, 6.07) is 15.4. The highest BCUT2D eigenvalue weighted by atomic mass is 14.2. The average Bonchev–Trinajstić information content (AvgIpc) is 3.03. The van der Waals surface area contributed by atoms with Gasteiger partial charge in [-0.25, -0.2) is 0 Å². The van der Waals surface area contributed by atoms with E-state index >= 15 is 0 Å². The lowest BCUT2D eigenvalue weighted by Crippen LogP contribution is -1.92. The maximum absolute atomic E-state index is 3.63. The summed E-state index contributed by atoms with van der Waals surface area (Å²) in [6.45, 7) is 2.29. The van der Waals surface area contributed by atoms with Crippen LogP contribution in [0.3, 0.4) is 0 Å². The zero-order valence-corrected chi connectivity index (χ0v) is 15.8. The number of aryl methyl sites for hydroxylation is 1. The van der Waals surface area contributed by atoms with Gasteiger partial charge >= 0.3 is 0 Å². The Bertz CT molecular complexity index is 653. The van der Waals surface area contributed by atoms with Crippen molar-refractivity contribution in [1.82, 2.24) is 0 Å². The molecule has 1 aliphatic carbocycles. The molecule has 0 aliphatic heterocycles. The van der Waals surface area contributed by atoms with Crippen molar-refractivity contribution in [3.8, 4) is 11.1 Å². The lowest BCUT2D eigenvalue weighted by Gasteiger charge is -2.08. The largest absolute Gasteiger partial charge is 0.0654 e. The fraction of sp³-hybridized carbons (Fsp3) is 0.480. The fourth-order valence-corrected chi connectivity index (χ4v) is 3.95. The maximum atomic E-state index is 3.63. The summed E-state index contributed by atoms with van der Waals surface area (Å²) in [5.41, 5.74) is 6.81. The van der Waals surface area contributed by atoms with Gasteiger partial charge in [0.2, 0.25) is 0 Å². The van der Waals surface area contributed by atoms with Crippen molar-refractivity contribution in [2.45, 2.75) is 77.6 Å². The number of rotatable bonds is 11. The summed E-state index contributed by atoms with van der Waals surface area (Å²) >= 11 is 0. The van der Waals surface area contributed by atoms with Gasteiger partial charge in [0.25, 0.3) is 0 Å². The molecule has 0 heterocycles. The van der Waals surface area contributed by atoms with Crippen molar-refractivity contribution >= 4 is 0 Å².